The molecule has 7 heteroatoms. The van der Waals surface area contributed by atoms with E-state index in [1.54, 1.807) is 0 Å². The van der Waals surface area contributed by atoms with Gasteiger partial charge in [-0.05, 0) is 6.92 Å². The number of hydrogen-bond acceptors (Lipinski definition) is 5. The predicted octanol–water partition coefficient (Wildman–Crippen LogP) is -2.55. The summed E-state index contributed by atoms with van der Waals surface area (Å²) < 4.78 is 0. The summed E-state index contributed by atoms with van der Waals surface area (Å²) >= 11 is 0. The maximum Gasteiger partial charge on any atom is 1.00 e. The monoisotopic (exact) mass is 197 g/mol. The third-order valence-electron chi connectivity index (χ3n) is 1.34. The summed E-state index contributed by atoms with van der Waals surface area (Å²) in [6.45, 7) is 4.32. The molecule has 1 heterocycles. The molecule has 70 valence electrons. The van der Waals surface area contributed by atoms with Crippen LogP contribution in [0.4, 0.5) is 0 Å². The standard InChI is InChI=1S/C6H12N2.NO3.Na/c1-3-8-5-4-7(2)6-8;2-1(3)4;/h4-5H,3,6H2,1-2H3;;/q;-1;+1. The van der Waals surface area contributed by atoms with Gasteiger partial charge in [0.25, 0.3) is 0 Å². The molecule has 1 aliphatic heterocycles. The van der Waals surface area contributed by atoms with Gasteiger partial charge in [0.15, 0.2) is 0 Å². The van der Waals surface area contributed by atoms with Crippen LogP contribution in [-0.4, -0.2) is 35.1 Å². The summed E-state index contributed by atoms with van der Waals surface area (Å²) in [5.41, 5.74) is 0. The van der Waals surface area contributed by atoms with Gasteiger partial charge in [0, 0.05) is 26.0 Å². The van der Waals surface area contributed by atoms with Crippen LogP contribution in [-0.2, 0) is 0 Å². The molecule has 0 saturated carbocycles. The van der Waals surface area contributed by atoms with E-state index >= 15 is 0 Å². The molecule has 0 spiro atoms. The molecule has 0 unspecified atom stereocenters. The van der Waals surface area contributed by atoms with E-state index < -0.39 is 5.09 Å². The van der Waals surface area contributed by atoms with E-state index in [2.05, 4.69) is 36.2 Å². The van der Waals surface area contributed by atoms with E-state index in [0.717, 1.165) is 13.2 Å². The SMILES string of the molecule is CCN1C=CN(C)C1.O=[N+]([O-])[O-].[Na+]. The van der Waals surface area contributed by atoms with E-state index in [4.69, 9.17) is 15.3 Å². The Morgan fingerprint density at radius 1 is 1.46 bits per heavy atom. The minimum atomic E-state index is -1.75. The van der Waals surface area contributed by atoms with E-state index in [0.29, 0.717) is 0 Å². The molecule has 0 fully saturated rings. The molecule has 0 aromatic rings. The average molecular weight is 197 g/mol. The van der Waals surface area contributed by atoms with Crippen LogP contribution in [0, 0.1) is 15.3 Å². The van der Waals surface area contributed by atoms with Crippen LogP contribution >= 0.6 is 0 Å². The smallest absolute Gasteiger partial charge is 0.362 e. The third kappa shape index (κ3) is 9.45. The van der Waals surface area contributed by atoms with Crippen molar-refractivity contribution in [3.05, 3.63) is 27.7 Å². The molecule has 0 saturated heterocycles. The summed E-state index contributed by atoms with van der Waals surface area (Å²) in [6, 6.07) is 0. The molecule has 13 heavy (non-hydrogen) atoms. The van der Waals surface area contributed by atoms with Crippen molar-refractivity contribution in [1.29, 1.82) is 0 Å². The molecule has 1 aliphatic rings. The number of rotatable bonds is 1. The van der Waals surface area contributed by atoms with Crippen molar-refractivity contribution in [2.75, 3.05) is 20.3 Å². The van der Waals surface area contributed by atoms with Gasteiger partial charge in [-0.1, -0.05) is 0 Å². The molecule has 0 aromatic carbocycles. The zero-order valence-electron chi connectivity index (χ0n) is 8.14. The van der Waals surface area contributed by atoms with Gasteiger partial charge >= 0.3 is 29.6 Å². The largest absolute Gasteiger partial charge is 1.00 e. The zero-order valence-corrected chi connectivity index (χ0v) is 10.1. The number of nitrogens with zero attached hydrogens (tertiary/aromatic N) is 3. The summed E-state index contributed by atoms with van der Waals surface area (Å²) in [5.74, 6) is 0. The van der Waals surface area contributed by atoms with Crippen LogP contribution in [0.1, 0.15) is 6.92 Å². The van der Waals surface area contributed by atoms with Crippen molar-refractivity contribution in [2.45, 2.75) is 6.92 Å². The van der Waals surface area contributed by atoms with Gasteiger partial charge in [-0.2, -0.15) is 0 Å². The molecular formula is C6H12N3NaO3. The van der Waals surface area contributed by atoms with Crippen LogP contribution in [0.25, 0.3) is 0 Å². The zero-order chi connectivity index (χ0) is 9.56. The van der Waals surface area contributed by atoms with Gasteiger partial charge in [-0.15, -0.1) is 0 Å². The van der Waals surface area contributed by atoms with Crippen molar-refractivity contribution >= 4 is 0 Å². The third-order valence-corrected chi connectivity index (χ3v) is 1.34. The second-order valence-electron chi connectivity index (χ2n) is 2.33. The quantitative estimate of drug-likeness (QED) is 0.263. The molecule has 0 radical (unpaired) electrons. The molecular weight excluding hydrogens is 185 g/mol. The minimum Gasteiger partial charge on any atom is -0.362 e. The average Bonchev–Trinajstić information content (AvgIpc) is 2.34. The normalized spacial score (nSPS) is 13.1. The maximum atomic E-state index is 8.25. The fraction of sp³-hybridized carbons (Fsp3) is 0.667. The Hall–Kier alpha value is -0.460. The van der Waals surface area contributed by atoms with Crippen LogP contribution in [0.5, 0.6) is 0 Å². The predicted molar refractivity (Wildman–Crippen MR) is 44.5 cm³/mol. The van der Waals surface area contributed by atoms with Crippen molar-refractivity contribution in [1.82, 2.24) is 9.80 Å². The summed E-state index contributed by atoms with van der Waals surface area (Å²) in [6.07, 6.45) is 4.20. The van der Waals surface area contributed by atoms with Gasteiger partial charge in [0.2, 0.25) is 0 Å². The summed E-state index contributed by atoms with van der Waals surface area (Å²) in [7, 11) is 2.08. The molecule has 1 rings (SSSR count). The second-order valence-corrected chi connectivity index (χ2v) is 2.33. The topological polar surface area (TPSA) is 72.7 Å². The summed E-state index contributed by atoms with van der Waals surface area (Å²) in [4.78, 5) is 12.7. The molecule has 0 atom stereocenters. The van der Waals surface area contributed by atoms with Crippen molar-refractivity contribution in [3.63, 3.8) is 0 Å². The van der Waals surface area contributed by atoms with Gasteiger partial charge < -0.3 is 25.1 Å². The van der Waals surface area contributed by atoms with E-state index in [1.165, 1.54) is 0 Å². The Kier molecular flexibility index (Phi) is 9.43. The Morgan fingerprint density at radius 3 is 2.08 bits per heavy atom. The van der Waals surface area contributed by atoms with E-state index in [9.17, 15) is 0 Å². The molecule has 0 aliphatic carbocycles. The van der Waals surface area contributed by atoms with Gasteiger partial charge in [0.05, 0.1) is 11.8 Å². The molecule has 0 aromatic heterocycles. The van der Waals surface area contributed by atoms with Crippen molar-refractivity contribution < 1.29 is 34.6 Å². The fourth-order valence-electron chi connectivity index (χ4n) is 0.794. The van der Waals surface area contributed by atoms with Crippen LogP contribution < -0.4 is 29.6 Å². The van der Waals surface area contributed by atoms with E-state index in [1.807, 2.05) is 0 Å². The Labute approximate surface area is 99.2 Å². The first-order chi connectivity index (χ1) is 5.56. The van der Waals surface area contributed by atoms with Crippen LogP contribution in [0.3, 0.4) is 0 Å². The van der Waals surface area contributed by atoms with Gasteiger partial charge in [-0.25, -0.2) is 0 Å². The first-order valence-electron chi connectivity index (χ1n) is 3.50. The Morgan fingerprint density at radius 2 is 1.92 bits per heavy atom. The van der Waals surface area contributed by atoms with E-state index in [-0.39, 0.29) is 29.6 Å². The summed E-state index contributed by atoms with van der Waals surface area (Å²) in [5, 5.41) is 14.8. The van der Waals surface area contributed by atoms with Crippen LogP contribution in [0.15, 0.2) is 12.4 Å². The maximum absolute atomic E-state index is 8.25. The second kappa shape index (κ2) is 8.15. The minimum absolute atomic E-state index is 0. The molecule has 0 N–H and O–H groups in total. The Balaban J connectivity index is 0. The first kappa shape index (κ1) is 15.0. The number of hydrogen-bond donors (Lipinski definition) is 0. The molecule has 0 bridgehead atoms. The first-order valence-corrected chi connectivity index (χ1v) is 3.50. The Bertz CT molecular complexity index is 173. The van der Waals surface area contributed by atoms with Crippen molar-refractivity contribution in [3.8, 4) is 0 Å². The molecule has 6 nitrogen and oxygen atoms in total. The van der Waals surface area contributed by atoms with Gasteiger partial charge in [-0.3, -0.25) is 0 Å². The van der Waals surface area contributed by atoms with Gasteiger partial charge in [0.1, 0.15) is 0 Å². The van der Waals surface area contributed by atoms with Crippen LogP contribution in [0.2, 0.25) is 0 Å². The fourth-order valence-corrected chi connectivity index (χ4v) is 0.794. The van der Waals surface area contributed by atoms with Crippen molar-refractivity contribution in [2.24, 2.45) is 0 Å². The molecule has 0 amide bonds.